The summed E-state index contributed by atoms with van der Waals surface area (Å²) in [6.07, 6.45) is -3.12. The van der Waals surface area contributed by atoms with Gasteiger partial charge in [-0.25, -0.2) is 13.8 Å². The number of benzene rings is 1. The van der Waals surface area contributed by atoms with Crippen molar-refractivity contribution >= 4 is 28.6 Å². The molecule has 0 aliphatic heterocycles. The van der Waals surface area contributed by atoms with Gasteiger partial charge >= 0.3 is 5.97 Å². The summed E-state index contributed by atoms with van der Waals surface area (Å²) in [6, 6.07) is 4.47. The SMILES string of the molecule is O=C(O)CCC(=O)Nc1ccc2nc(C(F)F)[nH]c2c1. The first-order valence-corrected chi connectivity index (χ1v) is 5.75. The molecule has 6 nitrogen and oxygen atoms in total. The van der Waals surface area contributed by atoms with Gasteiger partial charge in [0.25, 0.3) is 6.43 Å². The molecular weight excluding hydrogens is 272 g/mol. The highest BCUT2D eigenvalue weighted by Crippen LogP contribution is 2.22. The van der Waals surface area contributed by atoms with Crippen LogP contribution in [0.4, 0.5) is 14.5 Å². The molecule has 8 heteroatoms. The van der Waals surface area contributed by atoms with Crippen LogP contribution < -0.4 is 5.32 Å². The van der Waals surface area contributed by atoms with Gasteiger partial charge in [0.2, 0.25) is 5.91 Å². The number of carboxylic acids is 1. The zero-order valence-electron chi connectivity index (χ0n) is 10.2. The van der Waals surface area contributed by atoms with Crippen LogP contribution in [-0.4, -0.2) is 27.0 Å². The number of anilines is 1. The van der Waals surface area contributed by atoms with Crippen LogP contribution in [0.1, 0.15) is 25.1 Å². The van der Waals surface area contributed by atoms with Gasteiger partial charge in [0.1, 0.15) is 0 Å². The summed E-state index contributed by atoms with van der Waals surface area (Å²) in [7, 11) is 0. The van der Waals surface area contributed by atoms with Crippen molar-refractivity contribution in [2.45, 2.75) is 19.3 Å². The fourth-order valence-electron chi connectivity index (χ4n) is 1.65. The first-order chi connectivity index (χ1) is 9.45. The van der Waals surface area contributed by atoms with Gasteiger partial charge in [0, 0.05) is 12.1 Å². The Morgan fingerprint density at radius 2 is 2.10 bits per heavy atom. The van der Waals surface area contributed by atoms with Crippen LogP contribution in [-0.2, 0) is 9.59 Å². The minimum atomic E-state index is -2.70. The van der Waals surface area contributed by atoms with E-state index in [1.807, 2.05) is 0 Å². The van der Waals surface area contributed by atoms with Crippen molar-refractivity contribution in [1.29, 1.82) is 0 Å². The predicted octanol–water partition coefficient (Wildman–Crippen LogP) is 2.30. The van der Waals surface area contributed by atoms with Crippen LogP contribution in [0.25, 0.3) is 11.0 Å². The number of aliphatic carboxylic acids is 1. The molecule has 0 aliphatic rings. The van der Waals surface area contributed by atoms with Crippen molar-refractivity contribution in [3.63, 3.8) is 0 Å². The average molecular weight is 283 g/mol. The van der Waals surface area contributed by atoms with Crippen LogP contribution in [0, 0.1) is 0 Å². The van der Waals surface area contributed by atoms with Gasteiger partial charge in [0.15, 0.2) is 5.82 Å². The number of nitrogens with zero attached hydrogens (tertiary/aromatic N) is 1. The molecule has 0 radical (unpaired) electrons. The molecule has 0 bridgehead atoms. The van der Waals surface area contributed by atoms with Crippen LogP contribution in [0.3, 0.4) is 0 Å². The van der Waals surface area contributed by atoms with E-state index >= 15 is 0 Å². The monoisotopic (exact) mass is 283 g/mol. The van der Waals surface area contributed by atoms with E-state index in [1.54, 1.807) is 0 Å². The third kappa shape index (κ3) is 3.28. The van der Waals surface area contributed by atoms with E-state index in [2.05, 4.69) is 15.3 Å². The molecule has 0 spiro atoms. The Balaban J connectivity index is 2.11. The number of nitrogens with one attached hydrogen (secondary N) is 2. The van der Waals surface area contributed by atoms with Crippen molar-refractivity contribution in [3.8, 4) is 0 Å². The molecule has 2 rings (SSSR count). The second-order valence-corrected chi connectivity index (χ2v) is 4.10. The number of aromatic amines is 1. The first-order valence-electron chi connectivity index (χ1n) is 5.75. The highest BCUT2D eigenvalue weighted by atomic mass is 19.3. The summed E-state index contributed by atoms with van der Waals surface area (Å²) >= 11 is 0. The highest BCUT2D eigenvalue weighted by Gasteiger charge is 2.13. The number of imidazole rings is 1. The Bertz CT molecular complexity index is 654. The summed E-state index contributed by atoms with van der Waals surface area (Å²) in [5.41, 5.74) is 1.12. The molecule has 0 aliphatic carbocycles. The second kappa shape index (κ2) is 5.64. The largest absolute Gasteiger partial charge is 0.481 e. The van der Waals surface area contributed by atoms with Gasteiger partial charge in [0.05, 0.1) is 17.5 Å². The molecule has 0 unspecified atom stereocenters. The maximum absolute atomic E-state index is 12.5. The van der Waals surface area contributed by atoms with Crippen molar-refractivity contribution in [1.82, 2.24) is 9.97 Å². The van der Waals surface area contributed by atoms with Crippen LogP contribution in [0.5, 0.6) is 0 Å². The lowest BCUT2D eigenvalue weighted by Crippen LogP contribution is -2.13. The van der Waals surface area contributed by atoms with Gasteiger partial charge in [-0.15, -0.1) is 0 Å². The molecule has 20 heavy (non-hydrogen) atoms. The Hall–Kier alpha value is -2.51. The molecular formula is C12H11F2N3O3. The number of fused-ring (bicyclic) bond motifs is 1. The van der Waals surface area contributed by atoms with E-state index < -0.39 is 24.1 Å². The maximum atomic E-state index is 12.5. The molecule has 1 aromatic heterocycles. The molecule has 1 heterocycles. The summed E-state index contributed by atoms with van der Waals surface area (Å²) in [6.45, 7) is 0. The Morgan fingerprint density at radius 3 is 2.75 bits per heavy atom. The minimum Gasteiger partial charge on any atom is -0.481 e. The van der Waals surface area contributed by atoms with E-state index in [1.165, 1.54) is 18.2 Å². The van der Waals surface area contributed by atoms with Crippen LogP contribution in [0.2, 0.25) is 0 Å². The Morgan fingerprint density at radius 1 is 1.35 bits per heavy atom. The van der Waals surface area contributed by atoms with E-state index in [0.29, 0.717) is 16.7 Å². The number of hydrogen-bond acceptors (Lipinski definition) is 3. The van der Waals surface area contributed by atoms with Gasteiger partial charge in [-0.1, -0.05) is 0 Å². The van der Waals surface area contributed by atoms with E-state index in [-0.39, 0.29) is 12.8 Å². The zero-order chi connectivity index (χ0) is 14.7. The number of H-pyrrole nitrogens is 1. The molecule has 1 amide bonds. The lowest BCUT2D eigenvalue weighted by molar-refractivity contribution is -0.138. The van der Waals surface area contributed by atoms with E-state index in [9.17, 15) is 18.4 Å². The van der Waals surface area contributed by atoms with Gasteiger partial charge in [-0.2, -0.15) is 0 Å². The minimum absolute atomic E-state index is 0.154. The number of alkyl halides is 2. The highest BCUT2D eigenvalue weighted by molar-refractivity contribution is 5.94. The summed E-state index contributed by atoms with van der Waals surface area (Å²) < 4.78 is 24.9. The van der Waals surface area contributed by atoms with Crippen LogP contribution in [0.15, 0.2) is 18.2 Å². The number of carboxylic acid groups (broad SMARTS) is 1. The van der Waals surface area contributed by atoms with E-state index in [0.717, 1.165) is 0 Å². The summed E-state index contributed by atoms with van der Waals surface area (Å²) in [5, 5.41) is 11.0. The third-order valence-electron chi connectivity index (χ3n) is 2.56. The molecule has 0 atom stereocenters. The fraction of sp³-hybridized carbons (Fsp3) is 0.250. The molecule has 0 saturated heterocycles. The molecule has 1 aromatic carbocycles. The second-order valence-electron chi connectivity index (χ2n) is 4.10. The number of amides is 1. The number of carbonyl (C=O) groups is 2. The lowest BCUT2D eigenvalue weighted by atomic mass is 10.2. The topological polar surface area (TPSA) is 95.1 Å². The number of hydrogen-bond donors (Lipinski definition) is 3. The molecule has 106 valence electrons. The smallest absolute Gasteiger partial charge is 0.303 e. The van der Waals surface area contributed by atoms with Crippen molar-refractivity contribution in [2.75, 3.05) is 5.32 Å². The van der Waals surface area contributed by atoms with Gasteiger partial charge in [-0.3, -0.25) is 9.59 Å². The molecule has 0 fully saturated rings. The lowest BCUT2D eigenvalue weighted by Gasteiger charge is -2.03. The van der Waals surface area contributed by atoms with Crippen molar-refractivity contribution in [3.05, 3.63) is 24.0 Å². The number of aromatic nitrogens is 2. The number of halogens is 2. The Labute approximate surface area is 111 Å². The quantitative estimate of drug-likeness (QED) is 0.784. The maximum Gasteiger partial charge on any atom is 0.303 e. The summed E-state index contributed by atoms with van der Waals surface area (Å²) in [5.74, 6) is -1.96. The zero-order valence-corrected chi connectivity index (χ0v) is 10.2. The molecule has 3 N–H and O–H groups in total. The number of carbonyl (C=O) groups excluding carboxylic acids is 1. The molecule has 2 aromatic rings. The van der Waals surface area contributed by atoms with Crippen molar-refractivity contribution < 1.29 is 23.5 Å². The molecule has 0 saturated carbocycles. The van der Waals surface area contributed by atoms with Crippen molar-refractivity contribution in [2.24, 2.45) is 0 Å². The first kappa shape index (κ1) is 13.9. The average Bonchev–Trinajstić information content (AvgIpc) is 2.79. The number of rotatable bonds is 5. The summed E-state index contributed by atoms with van der Waals surface area (Å²) in [4.78, 5) is 27.9. The predicted molar refractivity (Wildman–Crippen MR) is 66.6 cm³/mol. The fourth-order valence-corrected chi connectivity index (χ4v) is 1.65. The van der Waals surface area contributed by atoms with Gasteiger partial charge < -0.3 is 15.4 Å². The van der Waals surface area contributed by atoms with E-state index in [4.69, 9.17) is 5.11 Å². The Kier molecular flexibility index (Phi) is 3.92. The van der Waals surface area contributed by atoms with Gasteiger partial charge in [-0.05, 0) is 18.2 Å². The normalized spacial score (nSPS) is 10.9. The standard InChI is InChI=1S/C12H11F2N3O3/c13-11(14)12-16-7-2-1-6(5-8(7)17-12)15-9(18)3-4-10(19)20/h1-2,5,11H,3-4H2,(H,15,18)(H,16,17)(H,19,20). The third-order valence-corrected chi connectivity index (χ3v) is 2.56. The van der Waals surface area contributed by atoms with Crippen LogP contribution >= 0.6 is 0 Å².